The van der Waals surface area contributed by atoms with Crippen LogP contribution in [-0.2, 0) is 6.42 Å². The molecule has 1 heterocycles. The molecule has 1 aromatic heterocycles. The highest BCUT2D eigenvalue weighted by Crippen LogP contribution is 2.61. The van der Waals surface area contributed by atoms with Gasteiger partial charge in [-0.2, -0.15) is 5.26 Å². The fourth-order valence-electron chi connectivity index (χ4n) is 5.87. The van der Waals surface area contributed by atoms with Crippen LogP contribution in [0.4, 0.5) is 5.82 Å². The van der Waals surface area contributed by atoms with Crippen molar-refractivity contribution in [2.75, 3.05) is 5.73 Å². The van der Waals surface area contributed by atoms with Gasteiger partial charge in [-0.15, -0.1) is 0 Å². The van der Waals surface area contributed by atoms with Crippen molar-refractivity contribution in [3.05, 3.63) is 16.8 Å². The number of nitrogens with one attached hydrogen (secondary N) is 1. The Morgan fingerprint density at radius 1 is 1.20 bits per heavy atom. The minimum absolute atomic E-state index is 0.504. The molecule has 0 atom stereocenters. The molecule has 4 aliphatic carbocycles. The Kier molecular flexibility index (Phi) is 2.49. The molecule has 20 heavy (non-hydrogen) atoms. The zero-order valence-corrected chi connectivity index (χ0v) is 12.2. The number of nitrogens with zero attached hydrogens (tertiary/aromatic N) is 1. The number of H-pyrrole nitrogens is 1. The number of aromatic amines is 1. The summed E-state index contributed by atoms with van der Waals surface area (Å²) < 4.78 is 0. The lowest BCUT2D eigenvalue weighted by Crippen LogP contribution is -2.47. The van der Waals surface area contributed by atoms with Crippen LogP contribution in [0.2, 0.25) is 0 Å². The zero-order chi connectivity index (χ0) is 13.9. The molecule has 4 aliphatic rings. The number of hydrogen-bond donors (Lipinski definition) is 2. The number of anilines is 1. The SMILES string of the molecule is Cc1c(CC23CC4CC(CC(C4)C2)C3)[nH]c(N)c1C#N. The third-order valence-electron chi connectivity index (χ3n) is 6.21. The van der Waals surface area contributed by atoms with Gasteiger partial charge in [0, 0.05) is 5.69 Å². The van der Waals surface area contributed by atoms with E-state index in [-0.39, 0.29) is 0 Å². The first kappa shape index (κ1) is 12.3. The Morgan fingerprint density at radius 3 is 2.20 bits per heavy atom. The van der Waals surface area contributed by atoms with E-state index in [9.17, 15) is 5.26 Å². The molecule has 0 amide bonds. The van der Waals surface area contributed by atoms with Gasteiger partial charge in [-0.1, -0.05) is 0 Å². The van der Waals surface area contributed by atoms with E-state index in [0.29, 0.717) is 16.8 Å². The van der Waals surface area contributed by atoms with Crippen LogP contribution in [0.25, 0.3) is 0 Å². The van der Waals surface area contributed by atoms with Gasteiger partial charge in [0.05, 0.1) is 5.56 Å². The molecule has 4 fully saturated rings. The molecule has 5 rings (SSSR count). The molecule has 0 aromatic carbocycles. The molecule has 0 radical (unpaired) electrons. The maximum Gasteiger partial charge on any atom is 0.119 e. The van der Waals surface area contributed by atoms with Crippen molar-refractivity contribution in [3.63, 3.8) is 0 Å². The van der Waals surface area contributed by atoms with Crippen LogP contribution in [-0.4, -0.2) is 4.98 Å². The second-order valence-electron chi connectivity index (χ2n) is 7.72. The second kappa shape index (κ2) is 4.04. The highest BCUT2D eigenvalue weighted by molar-refractivity contribution is 5.56. The molecule has 0 saturated heterocycles. The number of rotatable bonds is 2. The molecule has 3 N–H and O–H groups in total. The van der Waals surface area contributed by atoms with Crippen molar-refractivity contribution in [1.29, 1.82) is 5.26 Å². The van der Waals surface area contributed by atoms with Gasteiger partial charge in [0.25, 0.3) is 0 Å². The van der Waals surface area contributed by atoms with Crippen LogP contribution < -0.4 is 5.73 Å². The molecular weight excluding hydrogens is 246 g/mol. The third kappa shape index (κ3) is 1.70. The quantitative estimate of drug-likeness (QED) is 0.862. The second-order valence-corrected chi connectivity index (χ2v) is 7.72. The fourth-order valence-corrected chi connectivity index (χ4v) is 5.87. The molecule has 106 valence electrons. The summed E-state index contributed by atoms with van der Waals surface area (Å²) in [6.07, 6.45) is 9.75. The van der Waals surface area contributed by atoms with Crippen molar-refractivity contribution < 1.29 is 0 Å². The molecule has 0 unspecified atom stereocenters. The molecule has 1 aromatic rings. The molecule has 3 heteroatoms. The lowest BCUT2D eigenvalue weighted by molar-refractivity contribution is -0.0526. The van der Waals surface area contributed by atoms with E-state index in [1.165, 1.54) is 44.2 Å². The van der Waals surface area contributed by atoms with E-state index in [1.807, 2.05) is 6.92 Å². The third-order valence-corrected chi connectivity index (χ3v) is 6.21. The number of nitrogen functional groups attached to an aromatic ring is 1. The largest absolute Gasteiger partial charge is 0.384 e. The summed E-state index contributed by atoms with van der Waals surface area (Å²) in [4.78, 5) is 3.29. The molecule has 4 bridgehead atoms. The van der Waals surface area contributed by atoms with Crippen LogP contribution >= 0.6 is 0 Å². The van der Waals surface area contributed by atoms with Crippen LogP contribution in [0.3, 0.4) is 0 Å². The molecule has 0 spiro atoms. The summed E-state index contributed by atoms with van der Waals surface area (Å²) in [5.74, 6) is 3.49. The molecule has 0 aliphatic heterocycles. The fraction of sp³-hybridized carbons (Fsp3) is 0.706. The Balaban J connectivity index is 1.65. The van der Waals surface area contributed by atoms with Crippen molar-refractivity contribution in [3.8, 4) is 6.07 Å². The number of nitriles is 1. The lowest BCUT2D eigenvalue weighted by atomic mass is 9.48. The highest BCUT2D eigenvalue weighted by atomic mass is 14.9. The van der Waals surface area contributed by atoms with E-state index in [1.54, 1.807) is 0 Å². The molecular formula is C17H23N3. The first-order chi connectivity index (χ1) is 9.58. The first-order valence-electron chi connectivity index (χ1n) is 7.95. The van der Waals surface area contributed by atoms with E-state index in [2.05, 4.69) is 11.1 Å². The summed E-state index contributed by atoms with van der Waals surface area (Å²) in [6, 6.07) is 2.24. The van der Waals surface area contributed by atoms with Crippen LogP contribution in [0.5, 0.6) is 0 Å². The van der Waals surface area contributed by atoms with Crippen LogP contribution in [0, 0.1) is 41.4 Å². The first-order valence-corrected chi connectivity index (χ1v) is 7.95. The molecule has 4 saturated carbocycles. The number of nitrogens with two attached hydrogens (primary N) is 1. The topological polar surface area (TPSA) is 65.6 Å². The van der Waals surface area contributed by atoms with E-state index in [0.717, 1.165) is 29.7 Å². The average Bonchev–Trinajstić information content (AvgIpc) is 2.61. The Morgan fingerprint density at radius 2 is 1.75 bits per heavy atom. The van der Waals surface area contributed by atoms with Gasteiger partial charge < -0.3 is 10.7 Å². The van der Waals surface area contributed by atoms with Gasteiger partial charge in [0.2, 0.25) is 0 Å². The van der Waals surface area contributed by atoms with E-state index in [4.69, 9.17) is 5.73 Å². The number of aromatic nitrogens is 1. The zero-order valence-electron chi connectivity index (χ0n) is 12.2. The van der Waals surface area contributed by atoms with Gasteiger partial charge in [-0.3, -0.25) is 0 Å². The minimum atomic E-state index is 0.504. The van der Waals surface area contributed by atoms with Crippen LogP contribution in [0.15, 0.2) is 0 Å². The summed E-state index contributed by atoms with van der Waals surface area (Å²) in [5, 5.41) is 9.19. The Labute approximate surface area is 120 Å². The van der Waals surface area contributed by atoms with Gasteiger partial charge >= 0.3 is 0 Å². The van der Waals surface area contributed by atoms with Gasteiger partial charge in [0.15, 0.2) is 0 Å². The number of hydrogen-bond acceptors (Lipinski definition) is 2. The van der Waals surface area contributed by atoms with E-state index < -0.39 is 0 Å². The van der Waals surface area contributed by atoms with Crippen molar-refractivity contribution >= 4 is 5.82 Å². The maximum atomic E-state index is 9.19. The summed E-state index contributed by atoms with van der Waals surface area (Å²) in [6.45, 7) is 2.04. The predicted octanol–water partition coefficient (Wildman–Crippen LogP) is 3.54. The van der Waals surface area contributed by atoms with Crippen molar-refractivity contribution in [2.24, 2.45) is 23.2 Å². The smallest absolute Gasteiger partial charge is 0.119 e. The highest BCUT2D eigenvalue weighted by Gasteiger charge is 2.50. The van der Waals surface area contributed by atoms with Gasteiger partial charge in [-0.25, -0.2) is 0 Å². The normalized spacial score (nSPS) is 38.1. The Bertz CT molecular complexity index is 555. The summed E-state index contributed by atoms with van der Waals surface area (Å²) >= 11 is 0. The minimum Gasteiger partial charge on any atom is -0.384 e. The summed E-state index contributed by atoms with van der Waals surface area (Å²) in [7, 11) is 0. The Hall–Kier alpha value is -1.43. The van der Waals surface area contributed by atoms with Crippen molar-refractivity contribution in [1.82, 2.24) is 4.98 Å². The predicted molar refractivity (Wildman–Crippen MR) is 79.0 cm³/mol. The van der Waals surface area contributed by atoms with E-state index >= 15 is 0 Å². The lowest BCUT2D eigenvalue weighted by Gasteiger charge is -2.57. The monoisotopic (exact) mass is 269 g/mol. The summed E-state index contributed by atoms with van der Waals surface area (Å²) in [5.41, 5.74) is 9.41. The average molecular weight is 269 g/mol. The van der Waals surface area contributed by atoms with Crippen LogP contribution in [0.1, 0.15) is 55.3 Å². The van der Waals surface area contributed by atoms with Crippen molar-refractivity contribution in [2.45, 2.75) is 51.9 Å². The van der Waals surface area contributed by atoms with Gasteiger partial charge in [0.1, 0.15) is 11.9 Å². The molecule has 3 nitrogen and oxygen atoms in total. The van der Waals surface area contributed by atoms with Gasteiger partial charge in [-0.05, 0) is 80.6 Å². The standard InChI is InChI=1S/C17H23N3/c1-10-14(9-18)16(19)20-15(10)8-17-5-11-2-12(6-17)4-13(3-11)7-17/h11-13,20H,2-8,19H2,1H3. The maximum absolute atomic E-state index is 9.19.